The van der Waals surface area contributed by atoms with Crippen LogP contribution in [0.15, 0.2) is 47.1 Å². The Morgan fingerprint density at radius 1 is 1.09 bits per heavy atom. The van der Waals surface area contributed by atoms with Gasteiger partial charge in [-0.15, -0.1) is 0 Å². The third-order valence-corrected chi connectivity index (χ3v) is 6.09. The average molecular weight is 455 g/mol. The summed E-state index contributed by atoms with van der Waals surface area (Å²) in [5, 5.41) is 2.87. The molecule has 0 bridgehead atoms. The Balaban J connectivity index is 1.34. The van der Waals surface area contributed by atoms with Crippen LogP contribution in [0.3, 0.4) is 0 Å². The number of hydrogen-bond acceptors (Lipinski definition) is 6. The van der Waals surface area contributed by atoms with Crippen LogP contribution >= 0.6 is 0 Å². The highest BCUT2D eigenvalue weighted by molar-refractivity contribution is 5.98. The number of nitrogens with one attached hydrogen (secondary N) is 1. The zero-order valence-corrected chi connectivity index (χ0v) is 18.9. The summed E-state index contributed by atoms with van der Waals surface area (Å²) in [6.07, 6.45) is 2.75. The van der Waals surface area contributed by atoms with Gasteiger partial charge in [0.25, 0.3) is 5.91 Å². The van der Waals surface area contributed by atoms with Crippen LogP contribution in [0, 0.1) is 0 Å². The van der Waals surface area contributed by atoms with E-state index in [1.165, 1.54) is 11.2 Å². The molecule has 9 heteroatoms. The molecule has 2 saturated heterocycles. The quantitative estimate of drug-likeness (QED) is 0.689. The molecule has 4 rings (SSSR count). The highest BCUT2D eigenvalue weighted by Gasteiger charge is 2.37. The van der Waals surface area contributed by atoms with Crippen molar-refractivity contribution in [2.45, 2.75) is 25.8 Å². The third-order valence-electron chi connectivity index (χ3n) is 6.09. The number of benzene rings is 1. The lowest BCUT2D eigenvalue weighted by Gasteiger charge is -2.29. The second-order valence-corrected chi connectivity index (χ2v) is 8.18. The molecule has 0 aliphatic carbocycles. The van der Waals surface area contributed by atoms with Crippen LogP contribution in [0.5, 0.6) is 0 Å². The topological polar surface area (TPSA) is 95.3 Å². The van der Waals surface area contributed by atoms with Crippen molar-refractivity contribution in [2.24, 2.45) is 0 Å². The molecule has 0 radical (unpaired) electrons. The number of amides is 3. The second-order valence-electron chi connectivity index (χ2n) is 8.18. The van der Waals surface area contributed by atoms with Gasteiger partial charge in [-0.05, 0) is 56.2 Å². The highest BCUT2D eigenvalue weighted by atomic mass is 16.5. The number of carbonyl (C=O) groups is 3. The molecule has 1 atom stereocenters. The monoisotopic (exact) mass is 454 g/mol. The zero-order chi connectivity index (χ0) is 23.2. The Bertz CT molecular complexity index is 954. The number of ether oxygens (including phenoxy) is 1. The summed E-state index contributed by atoms with van der Waals surface area (Å²) >= 11 is 0. The molecule has 3 amide bonds. The summed E-state index contributed by atoms with van der Waals surface area (Å²) in [6.45, 7) is 5.75. The van der Waals surface area contributed by atoms with E-state index < -0.39 is 6.04 Å². The van der Waals surface area contributed by atoms with Gasteiger partial charge in [0.15, 0.2) is 5.76 Å². The first-order valence-electron chi connectivity index (χ1n) is 11.4. The van der Waals surface area contributed by atoms with E-state index in [1.54, 1.807) is 17.0 Å². The maximum Gasteiger partial charge on any atom is 0.290 e. The van der Waals surface area contributed by atoms with E-state index in [4.69, 9.17) is 9.15 Å². The summed E-state index contributed by atoms with van der Waals surface area (Å²) in [7, 11) is 0. The van der Waals surface area contributed by atoms with Crippen LogP contribution in [0.1, 0.15) is 30.3 Å². The SMILES string of the molecule is CCN(CC(=O)Nc1ccc(N2CCOCC2)cc1)C(=O)[C@@H]1CCCN1C(=O)c1ccco1. The molecule has 2 fully saturated rings. The van der Waals surface area contributed by atoms with Gasteiger partial charge < -0.3 is 29.2 Å². The zero-order valence-electron chi connectivity index (χ0n) is 18.9. The van der Waals surface area contributed by atoms with Gasteiger partial charge in [0, 0.05) is 37.6 Å². The molecular weight excluding hydrogens is 424 g/mol. The fourth-order valence-corrected chi connectivity index (χ4v) is 4.32. The van der Waals surface area contributed by atoms with Crippen LogP contribution in [0.2, 0.25) is 0 Å². The molecule has 3 heterocycles. The predicted octanol–water partition coefficient (Wildman–Crippen LogP) is 2.21. The average Bonchev–Trinajstić information content (AvgIpc) is 3.55. The van der Waals surface area contributed by atoms with Crippen LogP contribution in [0.25, 0.3) is 0 Å². The van der Waals surface area contributed by atoms with Crippen LogP contribution in [0.4, 0.5) is 11.4 Å². The molecule has 1 aromatic carbocycles. The first-order chi connectivity index (χ1) is 16.1. The minimum absolute atomic E-state index is 0.0696. The first-order valence-corrected chi connectivity index (χ1v) is 11.4. The van der Waals surface area contributed by atoms with E-state index >= 15 is 0 Å². The van der Waals surface area contributed by atoms with Crippen molar-refractivity contribution < 1.29 is 23.5 Å². The third kappa shape index (κ3) is 5.36. The van der Waals surface area contributed by atoms with Crippen molar-refractivity contribution in [3.63, 3.8) is 0 Å². The number of anilines is 2. The molecule has 2 aliphatic heterocycles. The standard InChI is InChI=1S/C24H30N4O5/c1-2-26(23(30)20-5-3-11-28(20)24(31)21-6-4-14-33-21)17-22(29)25-18-7-9-19(10-8-18)27-12-15-32-16-13-27/h4,6-10,14,20H,2-3,5,11-13,15-17H2,1H3,(H,25,29)/t20-/m0/s1. The number of nitrogens with zero attached hydrogens (tertiary/aromatic N) is 3. The summed E-state index contributed by atoms with van der Waals surface area (Å²) in [5.41, 5.74) is 1.76. The fraction of sp³-hybridized carbons (Fsp3) is 0.458. The Hall–Kier alpha value is -3.33. The smallest absolute Gasteiger partial charge is 0.290 e. The van der Waals surface area contributed by atoms with E-state index in [9.17, 15) is 14.4 Å². The normalized spacial score (nSPS) is 18.3. The van der Waals surface area contributed by atoms with Crippen LogP contribution < -0.4 is 10.2 Å². The van der Waals surface area contributed by atoms with Gasteiger partial charge >= 0.3 is 0 Å². The van der Waals surface area contributed by atoms with Crippen molar-refractivity contribution in [2.75, 3.05) is 56.2 Å². The van der Waals surface area contributed by atoms with E-state index in [1.807, 2.05) is 31.2 Å². The van der Waals surface area contributed by atoms with Gasteiger partial charge in [0.2, 0.25) is 11.8 Å². The van der Waals surface area contributed by atoms with Gasteiger partial charge in [0.05, 0.1) is 26.0 Å². The van der Waals surface area contributed by atoms with Gasteiger partial charge in [-0.1, -0.05) is 0 Å². The number of likely N-dealkylation sites (N-methyl/N-ethyl adjacent to an activating group) is 1. The van der Waals surface area contributed by atoms with Crippen molar-refractivity contribution in [3.8, 4) is 0 Å². The summed E-state index contributed by atoms with van der Waals surface area (Å²) in [5.74, 6) is -0.563. The minimum atomic E-state index is -0.580. The Morgan fingerprint density at radius 2 is 1.85 bits per heavy atom. The lowest BCUT2D eigenvalue weighted by atomic mass is 10.1. The second kappa shape index (κ2) is 10.5. The number of likely N-dealkylation sites (tertiary alicyclic amines) is 1. The molecule has 0 spiro atoms. The number of furan rings is 1. The molecule has 1 N–H and O–H groups in total. The first kappa shape index (κ1) is 22.8. The molecule has 2 aromatic rings. The maximum atomic E-state index is 13.2. The Morgan fingerprint density at radius 3 is 2.52 bits per heavy atom. The predicted molar refractivity (Wildman–Crippen MR) is 123 cm³/mol. The lowest BCUT2D eigenvalue weighted by molar-refractivity contribution is -0.137. The van der Waals surface area contributed by atoms with Crippen LogP contribution in [-0.2, 0) is 14.3 Å². The summed E-state index contributed by atoms with van der Waals surface area (Å²) in [4.78, 5) is 43.8. The largest absolute Gasteiger partial charge is 0.459 e. The van der Waals surface area contributed by atoms with E-state index in [2.05, 4.69) is 10.2 Å². The molecular formula is C24H30N4O5. The molecule has 176 valence electrons. The van der Waals surface area contributed by atoms with Crippen molar-refractivity contribution in [3.05, 3.63) is 48.4 Å². The van der Waals surface area contributed by atoms with E-state index in [0.29, 0.717) is 38.4 Å². The minimum Gasteiger partial charge on any atom is -0.459 e. The molecule has 1 aromatic heterocycles. The number of hydrogen-bond donors (Lipinski definition) is 1. The van der Waals surface area contributed by atoms with Crippen molar-refractivity contribution >= 4 is 29.1 Å². The number of rotatable bonds is 7. The van der Waals surface area contributed by atoms with Gasteiger partial charge in [-0.25, -0.2) is 0 Å². The molecule has 33 heavy (non-hydrogen) atoms. The molecule has 9 nitrogen and oxygen atoms in total. The number of morpholine rings is 1. The Labute approximate surface area is 193 Å². The van der Waals surface area contributed by atoms with Gasteiger partial charge in [-0.2, -0.15) is 0 Å². The summed E-state index contributed by atoms with van der Waals surface area (Å²) in [6, 6.07) is 10.3. The van der Waals surface area contributed by atoms with Gasteiger partial charge in [-0.3, -0.25) is 14.4 Å². The van der Waals surface area contributed by atoms with Gasteiger partial charge in [0.1, 0.15) is 6.04 Å². The highest BCUT2D eigenvalue weighted by Crippen LogP contribution is 2.23. The van der Waals surface area contributed by atoms with Crippen molar-refractivity contribution in [1.82, 2.24) is 9.80 Å². The van der Waals surface area contributed by atoms with Crippen LogP contribution in [-0.4, -0.2) is 79.5 Å². The van der Waals surface area contributed by atoms with Crippen molar-refractivity contribution in [1.29, 1.82) is 0 Å². The Kier molecular flexibility index (Phi) is 7.29. The molecule has 0 saturated carbocycles. The molecule has 2 aliphatic rings. The van der Waals surface area contributed by atoms with E-state index in [-0.39, 0.29) is 30.0 Å². The fourth-order valence-electron chi connectivity index (χ4n) is 4.32. The molecule has 0 unspecified atom stereocenters. The summed E-state index contributed by atoms with van der Waals surface area (Å²) < 4.78 is 10.6. The lowest BCUT2D eigenvalue weighted by Crippen LogP contribution is -2.49. The maximum absolute atomic E-state index is 13.2. The number of carbonyl (C=O) groups excluding carboxylic acids is 3. The van der Waals surface area contributed by atoms with E-state index in [0.717, 1.165) is 25.2 Å².